The van der Waals surface area contributed by atoms with E-state index in [4.69, 9.17) is 9.97 Å². The Hall–Kier alpha value is -6.62. The Morgan fingerprint density at radius 1 is 0.481 bits per heavy atom. The Balaban J connectivity index is 1.22. The summed E-state index contributed by atoms with van der Waals surface area (Å²) in [4.78, 5) is 11.0. The summed E-state index contributed by atoms with van der Waals surface area (Å²) >= 11 is 1.86. The number of aryl methyl sites for hydroxylation is 2. The third kappa shape index (κ3) is 4.54. The summed E-state index contributed by atoms with van der Waals surface area (Å²) in [5.74, 6) is 0.679. The van der Waals surface area contributed by atoms with E-state index in [2.05, 4.69) is 182 Å². The van der Waals surface area contributed by atoms with E-state index in [0.29, 0.717) is 5.95 Å². The lowest BCUT2D eigenvalue weighted by Crippen LogP contribution is -2.07. The molecular weight excluding hydrogens is 675 g/mol. The quantitative estimate of drug-likeness (QED) is 0.182. The van der Waals surface area contributed by atoms with Gasteiger partial charge in [-0.15, -0.1) is 11.3 Å². The summed E-state index contributed by atoms with van der Waals surface area (Å²) in [6.07, 6.45) is 0. The maximum atomic E-state index is 5.61. The maximum absolute atomic E-state index is 5.61. The van der Waals surface area contributed by atoms with Gasteiger partial charge in [0.25, 0.3) is 0 Å². The third-order valence-electron chi connectivity index (χ3n) is 11.1. The fourth-order valence-electron chi connectivity index (χ4n) is 8.66. The highest BCUT2D eigenvalue weighted by molar-refractivity contribution is 7.27. The fraction of sp³-hybridized carbons (Fsp3) is 0.0400. The predicted molar refractivity (Wildman–Crippen MR) is 230 cm³/mol. The average Bonchev–Trinajstić information content (AvgIpc) is 3.78. The maximum Gasteiger partial charge on any atom is 0.235 e. The van der Waals surface area contributed by atoms with Crippen molar-refractivity contribution in [2.45, 2.75) is 13.8 Å². The number of thiophene rings is 1. The molecule has 0 unspecified atom stereocenters. The van der Waals surface area contributed by atoms with Gasteiger partial charge in [-0.05, 0) is 69.8 Å². The second-order valence-electron chi connectivity index (χ2n) is 14.2. The molecule has 254 valence electrons. The standard InChI is InChI=1S/C50H33N3S/c1-30-14-3-5-17-35(30)44-31(2)51-50(52-47(44)34-28-26-33(27-29-34)37-23-13-16-32-15-4-6-18-36(32)37)53-42-24-11-9-21-40(42)45-38-19-7-8-20-39(38)46-41-22-10-12-25-43(41)54-49(46)48(45)53/h3-29H,1-2H3. The summed E-state index contributed by atoms with van der Waals surface area (Å²) in [6.45, 7) is 4.31. The van der Waals surface area contributed by atoms with Crippen LogP contribution in [0.4, 0.5) is 0 Å². The van der Waals surface area contributed by atoms with Crippen LogP contribution in [0.15, 0.2) is 164 Å². The fourth-order valence-corrected chi connectivity index (χ4v) is 9.92. The number of fused-ring (bicyclic) bond motifs is 11. The Morgan fingerprint density at radius 2 is 1.09 bits per heavy atom. The van der Waals surface area contributed by atoms with Crippen molar-refractivity contribution < 1.29 is 0 Å². The average molecular weight is 708 g/mol. The van der Waals surface area contributed by atoms with Crippen molar-refractivity contribution in [1.82, 2.24) is 14.5 Å². The molecule has 0 amide bonds. The van der Waals surface area contributed by atoms with Crippen molar-refractivity contribution in [3.8, 4) is 39.5 Å². The van der Waals surface area contributed by atoms with Crippen LogP contribution in [0.3, 0.4) is 0 Å². The normalized spacial score (nSPS) is 11.9. The van der Waals surface area contributed by atoms with Crippen LogP contribution in [0, 0.1) is 13.8 Å². The molecular formula is C50H33N3S. The minimum Gasteiger partial charge on any atom is -0.276 e. The predicted octanol–water partition coefficient (Wildman–Crippen LogP) is 13.9. The van der Waals surface area contributed by atoms with E-state index in [1.54, 1.807) is 0 Å². The molecule has 0 atom stereocenters. The molecule has 54 heavy (non-hydrogen) atoms. The minimum atomic E-state index is 0.679. The van der Waals surface area contributed by atoms with Gasteiger partial charge in [-0.25, -0.2) is 9.97 Å². The molecule has 0 saturated carbocycles. The van der Waals surface area contributed by atoms with E-state index in [0.717, 1.165) is 39.1 Å². The molecule has 3 aromatic heterocycles. The first-order chi connectivity index (χ1) is 26.6. The summed E-state index contributed by atoms with van der Waals surface area (Å²) in [5, 5.41) is 10.0. The third-order valence-corrected chi connectivity index (χ3v) is 12.3. The molecule has 0 spiro atoms. The minimum absolute atomic E-state index is 0.679. The Bertz CT molecular complexity index is 3290. The molecule has 0 bridgehead atoms. The van der Waals surface area contributed by atoms with Gasteiger partial charge in [-0.3, -0.25) is 4.57 Å². The zero-order chi connectivity index (χ0) is 35.9. The largest absolute Gasteiger partial charge is 0.276 e. The van der Waals surface area contributed by atoms with Gasteiger partial charge in [0.1, 0.15) is 0 Å². The van der Waals surface area contributed by atoms with Crippen LogP contribution in [0.5, 0.6) is 0 Å². The van der Waals surface area contributed by atoms with Gasteiger partial charge in [-0.2, -0.15) is 0 Å². The molecule has 0 saturated heterocycles. The van der Waals surface area contributed by atoms with E-state index in [-0.39, 0.29) is 0 Å². The highest BCUT2D eigenvalue weighted by Crippen LogP contribution is 2.48. The number of rotatable bonds is 4. The summed E-state index contributed by atoms with van der Waals surface area (Å²) in [5.41, 5.74) is 11.0. The summed E-state index contributed by atoms with van der Waals surface area (Å²) in [6, 6.07) is 59.1. The lowest BCUT2D eigenvalue weighted by molar-refractivity contribution is 0.972. The molecule has 0 aliphatic carbocycles. The molecule has 8 aromatic carbocycles. The van der Waals surface area contributed by atoms with Gasteiger partial charge in [0, 0.05) is 37.4 Å². The second kappa shape index (κ2) is 12.0. The van der Waals surface area contributed by atoms with E-state index in [1.807, 2.05) is 11.3 Å². The molecule has 0 radical (unpaired) electrons. The summed E-state index contributed by atoms with van der Waals surface area (Å²) in [7, 11) is 0. The van der Waals surface area contributed by atoms with Crippen LogP contribution >= 0.6 is 11.3 Å². The van der Waals surface area contributed by atoms with Crippen molar-refractivity contribution in [2.75, 3.05) is 0 Å². The topological polar surface area (TPSA) is 30.7 Å². The first-order valence-corrected chi connectivity index (χ1v) is 19.2. The van der Waals surface area contributed by atoms with Gasteiger partial charge in [0.05, 0.1) is 27.1 Å². The van der Waals surface area contributed by atoms with E-state index >= 15 is 0 Å². The molecule has 0 fully saturated rings. The first kappa shape index (κ1) is 31.0. The lowest BCUT2D eigenvalue weighted by atomic mass is 9.93. The van der Waals surface area contributed by atoms with Crippen LogP contribution in [-0.4, -0.2) is 14.5 Å². The number of benzene rings is 8. The van der Waals surface area contributed by atoms with Crippen LogP contribution in [0.2, 0.25) is 0 Å². The number of para-hydroxylation sites is 1. The van der Waals surface area contributed by atoms with Crippen LogP contribution < -0.4 is 0 Å². The number of nitrogens with zero attached hydrogens (tertiary/aromatic N) is 3. The van der Waals surface area contributed by atoms with Crippen LogP contribution in [0.1, 0.15) is 11.3 Å². The van der Waals surface area contributed by atoms with Crippen LogP contribution in [0.25, 0.3) is 103 Å². The van der Waals surface area contributed by atoms with Gasteiger partial charge >= 0.3 is 0 Å². The number of hydrogen-bond acceptors (Lipinski definition) is 3. The molecule has 0 aliphatic heterocycles. The van der Waals surface area contributed by atoms with Crippen LogP contribution in [-0.2, 0) is 0 Å². The SMILES string of the molecule is Cc1ccccc1-c1c(C)nc(-n2c3ccccc3c3c4ccccc4c4c5ccccc5sc4c32)nc1-c1ccc(-c2cccc3ccccc23)cc1. The molecule has 11 aromatic rings. The van der Waals surface area contributed by atoms with Gasteiger partial charge < -0.3 is 0 Å². The number of aromatic nitrogens is 3. The van der Waals surface area contributed by atoms with Crippen molar-refractivity contribution >= 4 is 74.9 Å². The van der Waals surface area contributed by atoms with E-state index in [9.17, 15) is 0 Å². The Kier molecular flexibility index (Phi) is 6.85. The van der Waals surface area contributed by atoms with E-state index < -0.39 is 0 Å². The van der Waals surface area contributed by atoms with E-state index in [1.165, 1.54) is 69.2 Å². The van der Waals surface area contributed by atoms with Gasteiger partial charge in [0.2, 0.25) is 5.95 Å². The molecule has 11 rings (SSSR count). The Labute approximate surface area is 316 Å². The van der Waals surface area contributed by atoms with Gasteiger partial charge in [0.15, 0.2) is 0 Å². The van der Waals surface area contributed by atoms with Gasteiger partial charge in [-0.1, -0.05) is 152 Å². The van der Waals surface area contributed by atoms with Crippen molar-refractivity contribution in [1.29, 1.82) is 0 Å². The second-order valence-corrected chi connectivity index (χ2v) is 15.2. The molecule has 0 aliphatic rings. The zero-order valence-electron chi connectivity index (χ0n) is 29.8. The molecule has 0 N–H and O–H groups in total. The highest BCUT2D eigenvalue weighted by Gasteiger charge is 2.25. The van der Waals surface area contributed by atoms with Crippen molar-refractivity contribution in [2.24, 2.45) is 0 Å². The zero-order valence-corrected chi connectivity index (χ0v) is 30.7. The summed E-state index contributed by atoms with van der Waals surface area (Å²) < 4.78 is 4.87. The highest BCUT2D eigenvalue weighted by atomic mass is 32.1. The number of hydrogen-bond donors (Lipinski definition) is 0. The monoisotopic (exact) mass is 707 g/mol. The smallest absolute Gasteiger partial charge is 0.235 e. The first-order valence-electron chi connectivity index (χ1n) is 18.4. The van der Waals surface area contributed by atoms with Crippen molar-refractivity contribution in [3.05, 3.63) is 175 Å². The molecule has 4 heteroatoms. The lowest BCUT2D eigenvalue weighted by Gasteiger charge is -2.17. The molecule has 3 heterocycles. The van der Waals surface area contributed by atoms with Crippen molar-refractivity contribution in [3.63, 3.8) is 0 Å². The molecule has 3 nitrogen and oxygen atoms in total. The Morgan fingerprint density at radius 3 is 1.91 bits per heavy atom.